The van der Waals surface area contributed by atoms with Crippen molar-refractivity contribution in [1.29, 1.82) is 0 Å². The molecule has 0 aromatic heterocycles. The van der Waals surface area contributed by atoms with Crippen molar-refractivity contribution in [2.75, 3.05) is 31.8 Å². The van der Waals surface area contributed by atoms with E-state index in [1.165, 1.54) is 19.2 Å². The van der Waals surface area contributed by atoms with Crippen molar-refractivity contribution >= 4 is 111 Å². The summed E-state index contributed by atoms with van der Waals surface area (Å²) in [5, 5.41) is 27.9. The van der Waals surface area contributed by atoms with Gasteiger partial charge in [0.15, 0.2) is 21.3 Å². The molecule has 5 aromatic rings. The standard InChI is InChI=1S/C30H27N5O20S6/c1-31-21-8-5-18-19(27(21)34-32-20-7-4-16(12-23(20)58(42,43)44)56(37,38)10-9-55-61(51,52)53)14-25(60(48,49)50)28(30(18)54-2)35-33-22-6-3-15-11-17(57(39,40)41)13-24(59(45,46)47)26(15)29(22)36/h3-8,11-14,31,36H,9-10H2,1-2H3,(H,39,40,41)(H,42,43,44)(H,45,46,47)(H,48,49,50)(H,51,52,53)/b34-32+,35-33+. The molecule has 7 N–H and O–H groups in total. The van der Waals surface area contributed by atoms with Gasteiger partial charge in [-0.15, -0.1) is 20.5 Å². The Morgan fingerprint density at radius 3 is 1.72 bits per heavy atom. The number of anilines is 1. The van der Waals surface area contributed by atoms with Crippen LogP contribution < -0.4 is 10.1 Å². The predicted octanol–water partition coefficient (Wildman–Crippen LogP) is 4.16. The van der Waals surface area contributed by atoms with Crippen LogP contribution in [-0.2, 0) is 64.9 Å². The van der Waals surface area contributed by atoms with Crippen LogP contribution in [0, 0.1) is 0 Å². The van der Waals surface area contributed by atoms with Gasteiger partial charge in [-0.25, -0.2) is 12.6 Å². The van der Waals surface area contributed by atoms with Crippen molar-refractivity contribution in [3.63, 3.8) is 0 Å². The summed E-state index contributed by atoms with van der Waals surface area (Å²) in [5.41, 5.74) is -2.25. The largest absolute Gasteiger partial charge is 0.505 e. The maximum atomic E-state index is 12.8. The zero-order chi connectivity index (χ0) is 45.7. The first-order valence-electron chi connectivity index (χ1n) is 15.8. The van der Waals surface area contributed by atoms with Crippen molar-refractivity contribution in [2.24, 2.45) is 20.5 Å². The fourth-order valence-corrected chi connectivity index (χ4v) is 9.80. The van der Waals surface area contributed by atoms with Gasteiger partial charge in [-0.3, -0.25) is 22.8 Å². The molecule has 0 unspecified atom stereocenters. The first kappa shape index (κ1) is 46.7. The van der Waals surface area contributed by atoms with Gasteiger partial charge in [0.05, 0.1) is 34.9 Å². The topological polar surface area (TPSA) is 406 Å². The summed E-state index contributed by atoms with van der Waals surface area (Å²) in [6.45, 7) is -1.07. The van der Waals surface area contributed by atoms with Gasteiger partial charge in [0.2, 0.25) is 0 Å². The Labute approximate surface area is 345 Å². The second kappa shape index (κ2) is 16.5. The lowest BCUT2D eigenvalue weighted by Gasteiger charge is -2.15. The van der Waals surface area contributed by atoms with Crippen LogP contribution in [0.5, 0.6) is 11.5 Å². The van der Waals surface area contributed by atoms with Crippen molar-refractivity contribution in [2.45, 2.75) is 24.5 Å². The number of aromatic hydroxyl groups is 1. The average molecular weight is 970 g/mol. The summed E-state index contributed by atoms with van der Waals surface area (Å²) in [7, 11) is -28.0. The normalized spacial score (nSPS) is 13.4. The van der Waals surface area contributed by atoms with Crippen molar-refractivity contribution in [3.05, 3.63) is 60.7 Å². The number of nitrogens with zero attached hydrogens (tertiary/aromatic N) is 4. The lowest BCUT2D eigenvalue weighted by molar-refractivity contribution is 0.284. The number of phenolic OH excluding ortho intramolecular Hbond substituents is 1. The molecule has 0 spiro atoms. The third-order valence-corrected chi connectivity index (χ3v) is 13.8. The van der Waals surface area contributed by atoms with Crippen molar-refractivity contribution in [1.82, 2.24) is 0 Å². The highest BCUT2D eigenvalue weighted by Crippen LogP contribution is 2.48. The summed E-state index contributed by atoms with van der Waals surface area (Å²) in [5.74, 6) is -2.56. The van der Waals surface area contributed by atoms with Crippen LogP contribution in [0.15, 0.2) is 106 Å². The fraction of sp³-hybridized carbons (Fsp3) is 0.133. The van der Waals surface area contributed by atoms with E-state index in [0.717, 1.165) is 43.5 Å². The van der Waals surface area contributed by atoms with Crippen molar-refractivity contribution < 1.29 is 87.3 Å². The van der Waals surface area contributed by atoms with Crippen LogP contribution in [0.4, 0.5) is 28.4 Å². The molecular formula is C30H27N5O20S6. The molecule has 0 fully saturated rings. The first-order valence-corrected chi connectivity index (χ1v) is 24.6. The second-order valence-corrected chi connectivity index (χ2v) is 20.8. The van der Waals surface area contributed by atoms with Gasteiger partial charge in [-0.2, -0.15) is 42.1 Å². The molecule has 0 saturated carbocycles. The Kier molecular flexibility index (Phi) is 12.7. The van der Waals surface area contributed by atoms with E-state index in [9.17, 15) is 73.8 Å². The number of rotatable bonds is 15. The number of ether oxygens (including phenoxy) is 1. The lowest BCUT2D eigenvalue weighted by Crippen LogP contribution is -2.16. The third kappa shape index (κ3) is 10.2. The number of methoxy groups -OCH3 is 1. The van der Waals surface area contributed by atoms with Crippen LogP contribution in [-0.4, -0.2) is 105 Å². The van der Waals surface area contributed by atoms with E-state index >= 15 is 0 Å². The molecule has 0 heterocycles. The minimum atomic E-state index is -5.32. The molecule has 25 nitrogen and oxygen atoms in total. The summed E-state index contributed by atoms with van der Waals surface area (Å²) < 4.78 is 203. The number of hydrogen-bond donors (Lipinski definition) is 7. The molecule has 328 valence electrons. The van der Waals surface area contributed by atoms with E-state index in [4.69, 9.17) is 9.29 Å². The molecule has 0 saturated heterocycles. The molecule has 0 aliphatic carbocycles. The fourth-order valence-electron chi connectivity index (χ4n) is 5.55. The second-order valence-electron chi connectivity index (χ2n) is 12.0. The molecule has 31 heteroatoms. The van der Waals surface area contributed by atoms with Crippen LogP contribution in [0.1, 0.15) is 0 Å². The highest BCUT2D eigenvalue weighted by Gasteiger charge is 2.28. The molecule has 5 aromatic carbocycles. The van der Waals surface area contributed by atoms with Gasteiger partial charge < -0.3 is 15.2 Å². The van der Waals surface area contributed by atoms with Gasteiger partial charge in [-0.1, -0.05) is 6.07 Å². The third-order valence-electron chi connectivity index (χ3n) is 8.19. The molecule has 0 bridgehead atoms. The highest BCUT2D eigenvalue weighted by molar-refractivity contribution is 7.91. The number of benzene rings is 5. The number of fused-ring (bicyclic) bond motifs is 2. The minimum Gasteiger partial charge on any atom is -0.505 e. The number of azo groups is 2. The maximum Gasteiger partial charge on any atom is 0.397 e. The van der Waals surface area contributed by atoms with Gasteiger partial charge >= 0.3 is 10.4 Å². The molecule has 0 aliphatic heterocycles. The zero-order valence-corrected chi connectivity index (χ0v) is 35.2. The first-order chi connectivity index (χ1) is 28.0. The van der Waals surface area contributed by atoms with Crippen LogP contribution in [0.25, 0.3) is 21.5 Å². The van der Waals surface area contributed by atoms with E-state index < -0.39 is 131 Å². The predicted molar refractivity (Wildman–Crippen MR) is 209 cm³/mol. The quantitative estimate of drug-likeness (QED) is 0.0572. The summed E-state index contributed by atoms with van der Waals surface area (Å²) >= 11 is 0. The Balaban J connectivity index is 1.70. The number of phenols is 1. The molecule has 0 atom stereocenters. The Bertz CT molecular complexity index is 3410. The molecule has 0 radical (unpaired) electrons. The molecule has 0 aliphatic rings. The van der Waals surface area contributed by atoms with Gasteiger partial charge in [-0.05, 0) is 60.0 Å². The van der Waals surface area contributed by atoms with Gasteiger partial charge in [0, 0.05) is 23.2 Å². The summed E-state index contributed by atoms with van der Waals surface area (Å²) in [6, 6.07) is 8.64. The van der Waals surface area contributed by atoms with E-state index in [2.05, 4.69) is 30.0 Å². The maximum absolute atomic E-state index is 12.8. The van der Waals surface area contributed by atoms with E-state index in [0.29, 0.717) is 12.1 Å². The van der Waals surface area contributed by atoms with Gasteiger partial charge in [0.1, 0.15) is 37.4 Å². The Hall–Kier alpha value is -5.32. The zero-order valence-electron chi connectivity index (χ0n) is 30.3. The molecular weight excluding hydrogens is 943 g/mol. The summed E-state index contributed by atoms with van der Waals surface area (Å²) in [6.07, 6.45) is 0. The smallest absolute Gasteiger partial charge is 0.397 e. The average Bonchev–Trinajstić information content (AvgIpc) is 3.13. The minimum absolute atomic E-state index is 0.0468. The molecule has 5 rings (SSSR count). The lowest BCUT2D eigenvalue weighted by atomic mass is 10.0. The van der Waals surface area contributed by atoms with E-state index in [1.54, 1.807) is 0 Å². The summed E-state index contributed by atoms with van der Waals surface area (Å²) in [4.78, 5) is -5.05. The van der Waals surface area contributed by atoms with Crippen LogP contribution in [0.2, 0.25) is 0 Å². The van der Waals surface area contributed by atoms with Crippen LogP contribution >= 0.6 is 0 Å². The SMILES string of the molecule is CNc1ccc2c(OC)c(/N=N/c3ccc4cc(S(=O)(=O)O)cc(S(=O)(=O)O)c4c3O)c(S(=O)(=O)O)cc2c1/N=N/c1ccc(S(=O)(=O)CCOS(=O)(=O)O)cc1S(=O)(=O)O. The Morgan fingerprint density at radius 1 is 0.590 bits per heavy atom. The van der Waals surface area contributed by atoms with E-state index in [-0.39, 0.29) is 27.5 Å². The van der Waals surface area contributed by atoms with Gasteiger partial charge in [0.25, 0.3) is 40.5 Å². The van der Waals surface area contributed by atoms with Crippen molar-refractivity contribution in [3.8, 4) is 11.5 Å². The Morgan fingerprint density at radius 2 is 1.16 bits per heavy atom. The number of sulfone groups is 1. The van der Waals surface area contributed by atoms with Crippen LogP contribution in [0.3, 0.4) is 0 Å². The highest BCUT2D eigenvalue weighted by atomic mass is 32.3. The molecule has 0 amide bonds. The van der Waals surface area contributed by atoms with E-state index in [1.807, 2.05) is 0 Å². The monoisotopic (exact) mass is 969 g/mol. The molecule has 61 heavy (non-hydrogen) atoms. The number of nitrogens with one attached hydrogen (secondary N) is 1. The number of hydrogen-bond acceptors (Lipinski definition) is 20.